The number of methoxy groups -OCH3 is 1. The molecule has 31 heavy (non-hydrogen) atoms. The normalized spacial score (nSPS) is 16.1. The minimum absolute atomic E-state index is 0.271. The van der Waals surface area contributed by atoms with Gasteiger partial charge in [-0.05, 0) is 62.7 Å². The summed E-state index contributed by atoms with van der Waals surface area (Å²) < 4.78 is 35.4. The van der Waals surface area contributed by atoms with Crippen molar-refractivity contribution in [2.24, 2.45) is 0 Å². The van der Waals surface area contributed by atoms with Crippen LogP contribution < -0.4 is 9.46 Å². The lowest BCUT2D eigenvalue weighted by molar-refractivity contribution is 0.265. The molecule has 1 aliphatic carbocycles. The van der Waals surface area contributed by atoms with E-state index in [1.54, 1.807) is 19.2 Å². The van der Waals surface area contributed by atoms with Crippen molar-refractivity contribution in [3.63, 3.8) is 0 Å². The first kappa shape index (κ1) is 21.4. The molecule has 4 rings (SSSR count). The number of anilines is 1. The summed E-state index contributed by atoms with van der Waals surface area (Å²) in [5, 5.41) is 0. The third-order valence-electron chi connectivity index (χ3n) is 6.01. The van der Waals surface area contributed by atoms with Crippen molar-refractivity contribution in [2.45, 2.75) is 30.2 Å². The Morgan fingerprint density at radius 3 is 2.35 bits per heavy atom. The zero-order valence-corrected chi connectivity index (χ0v) is 18.9. The maximum Gasteiger partial charge on any atom is 0.262 e. The van der Waals surface area contributed by atoms with Crippen LogP contribution in [0.2, 0.25) is 0 Å². The van der Waals surface area contributed by atoms with E-state index in [9.17, 15) is 8.42 Å². The Morgan fingerprint density at radius 2 is 1.65 bits per heavy atom. The predicted molar refractivity (Wildman–Crippen MR) is 125 cm³/mol. The lowest BCUT2D eigenvalue weighted by atomic mass is 9.86. The Labute approximate surface area is 184 Å². The highest BCUT2D eigenvalue weighted by atomic mass is 32.2. The Kier molecular flexibility index (Phi) is 6.03. The third-order valence-corrected chi connectivity index (χ3v) is 7.44. The molecule has 0 bridgehead atoms. The van der Waals surface area contributed by atoms with Gasteiger partial charge in [-0.1, -0.05) is 48.5 Å². The molecule has 0 aliphatic heterocycles. The molecule has 0 heterocycles. The molecule has 3 aromatic rings. The average Bonchev–Trinajstić information content (AvgIpc) is 2.79. The van der Waals surface area contributed by atoms with Gasteiger partial charge in [-0.3, -0.25) is 4.72 Å². The topological polar surface area (TPSA) is 58.6 Å². The van der Waals surface area contributed by atoms with E-state index in [-0.39, 0.29) is 4.90 Å². The Morgan fingerprint density at radius 1 is 0.935 bits per heavy atom. The largest absolute Gasteiger partial charge is 0.496 e. The maximum atomic E-state index is 13.5. The van der Waals surface area contributed by atoms with Crippen molar-refractivity contribution < 1.29 is 13.2 Å². The molecule has 1 unspecified atom stereocenters. The van der Waals surface area contributed by atoms with Crippen LogP contribution in [0, 0.1) is 0 Å². The van der Waals surface area contributed by atoms with Crippen LogP contribution in [-0.4, -0.2) is 40.6 Å². The molecule has 1 atom stereocenters. The molecule has 5 nitrogen and oxygen atoms in total. The molecule has 0 saturated carbocycles. The van der Waals surface area contributed by atoms with E-state index >= 15 is 0 Å². The van der Waals surface area contributed by atoms with E-state index < -0.39 is 10.0 Å². The van der Waals surface area contributed by atoms with Crippen LogP contribution in [0.3, 0.4) is 0 Å². The van der Waals surface area contributed by atoms with Gasteiger partial charge in [0.15, 0.2) is 0 Å². The summed E-state index contributed by atoms with van der Waals surface area (Å²) in [5.41, 5.74) is 4.30. The fourth-order valence-corrected chi connectivity index (χ4v) is 5.64. The zero-order valence-electron chi connectivity index (χ0n) is 18.1. The minimum atomic E-state index is -3.78. The summed E-state index contributed by atoms with van der Waals surface area (Å²) in [7, 11) is 2.04. The number of benzene rings is 3. The highest BCUT2D eigenvalue weighted by molar-refractivity contribution is 7.92. The van der Waals surface area contributed by atoms with Crippen LogP contribution in [0.15, 0.2) is 71.6 Å². The smallest absolute Gasteiger partial charge is 0.262 e. The van der Waals surface area contributed by atoms with Crippen LogP contribution in [0.4, 0.5) is 5.69 Å². The summed E-state index contributed by atoms with van der Waals surface area (Å²) in [6.07, 6.45) is 2.61. The molecule has 1 aliphatic rings. The molecular weight excluding hydrogens is 408 g/mol. The van der Waals surface area contributed by atoms with Crippen molar-refractivity contribution in [3.8, 4) is 16.9 Å². The number of nitrogens with zero attached hydrogens (tertiary/aromatic N) is 1. The molecule has 0 saturated heterocycles. The van der Waals surface area contributed by atoms with E-state index in [4.69, 9.17) is 4.74 Å². The van der Waals surface area contributed by atoms with Crippen LogP contribution in [0.1, 0.15) is 17.5 Å². The lowest BCUT2D eigenvalue weighted by Gasteiger charge is -2.32. The van der Waals surface area contributed by atoms with Crippen LogP contribution in [-0.2, 0) is 22.9 Å². The number of likely N-dealkylation sites (N-methyl/N-ethyl adjacent to an activating group) is 1. The number of ether oxygens (including phenoxy) is 1. The minimum Gasteiger partial charge on any atom is -0.496 e. The van der Waals surface area contributed by atoms with Gasteiger partial charge >= 0.3 is 0 Å². The molecule has 3 aromatic carbocycles. The van der Waals surface area contributed by atoms with Gasteiger partial charge in [0.25, 0.3) is 10.0 Å². The quantitative estimate of drug-likeness (QED) is 0.614. The fraction of sp³-hybridized carbons (Fsp3) is 0.280. The van der Waals surface area contributed by atoms with Gasteiger partial charge in [-0.15, -0.1) is 0 Å². The summed E-state index contributed by atoms with van der Waals surface area (Å²) in [4.78, 5) is 2.49. The standard InChI is InChI=1S/C25H28N2O3S/c1-27(2)19-13-14-21-22(17-19)24(30-3)16-15-23(21)26-31(28,29)25-12-8-7-11-20(25)18-9-5-4-6-10-18/h4-12,15-16,19,26H,13-14,17H2,1-3H3. The summed E-state index contributed by atoms with van der Waals surface area (Å²) in [6.45, 7) is 0. The van der Waals surface area contributed by atoms with E-state index in [1.807, 2.05) is 54.6 Å². The summed E-state index contributed by atoms with van der Waals surface area (Å²) in [6, 6.07) is 20.8. The second kappa shape index (κ2) is 8.73. The molecule has 1 N–H and O–H groups in total. The van der Waals surface area contributed by atoms with E-state index in [0.717, 1.165) is 41.7 Å². The third kappa shape index (κ3) is 4.31. The van der Waals surface area contributed by atoms with Gasteiger partial charge in [0.1, 0.15) is 5.75 Å². The molecule has 0 aromatic heterocycles. The van der Waals surface area contributed by atoms with Crippen molar-refractivity contribution in [2.75, 3.05) is 25.9 Å². The Bertz CT molecular complexity index is 1170. The first-order valence-corrected chi connectivity index (χ1v) is 11.9. The number of sulfonamides is 1. The number of hydrogen-bond donors (Lipinski definition) is 1. The van der Waals surface area contributed by atoms with Gasteiger partial charge in [0.2, 0.25) is 0 Å². The summed E-state index contributed by atoms with van der Waals surface area (Å²) in [5.74, 6) is 0.814. The van der Waals surface area contributed by atoms with E-state index in [1.165, 1.54) is 0 Å². The molecule has 6 heteroatoms. The van der Waals surface area contributed by atoms with Crippen LogP contribution in [0.5, 0.6) is 5.75 Å². The molecular formula is C25H28N2O3S. The molecule has 0 spiro atoms. The average molecular weight is 437 g/mol. The van der Waals surface area contributed by atoms with Gasteiger partial charge in [0, 0.05) is 17.2 Å². The van der Waals surface area contributed by atoms with Crippen molar-refractivity contribution in [3.05, 3.63) is 77.9 Å². The summed E-state index contributed by atoms with van der Waals surface area (Å²) >= 11 is 0. The van der Waals surface area contributed by atoms with Gasteiger partial charge in [-0.2, -0.15) is 0 Å². The molecule has 162 valence electrons. The number of fused-ring (bicyclic) bond motifs is 1. The first-order valence-electron chi connectivity index (χ1n) is 10.4. The first-order chi connectivity index (χ1) is 14.9. The predicted octanol–water partition coefficient (Wildman–Crippen LogP) is 4.58. The Hall–Kier alpha value is -2.83. The lowest BCUT2D eigenvalue weighted by Crippen LogP contribution is -2.34. The van der Waals surface area contributed by atoms with Crippen LogP contribution >= 0.6 is 0 Å². The van der Waals surface area contributed by atoms with Gasteiger partial charge in [0.05, 0.1) is 17.7 Å². The fourth-order valence-electron chi connectivity index (χ4n) is 4.31. The van der Waals surface area contributed by atoms with Gasteiger partial charge < -0.3 is 9.64 Å². The number of nitrogens with one attached hydrogen (secondary N) is 1. The van der Waals surface area contributed by atoms with Crippen molar-refractivity contribution in [1.29, 1.82) is 0 Å². The molecule has 0 fully saturated rings. The number of hydrogen-bond acceptors (Lipinski definition) is 4. The van der Waals surface area contributed by atoms with Crippen LogP contribution in [0.25, 0.3) is 11.1 Å². The highest BCUT2D eigenvalue weighted by Crippen LogP contribution is 2.37. The monoisotopic (exact) mass is 436 g/mol. The van der Waals surface area contributed by atoms with Gasteiger partial charge in [-0.25, -0.2) is 8.42 Å². The van der Waals surface area contributed by atoms with E-state index in [0.29, 0.717) is 17.3 Å². The molecule has 0 radical (unpaired) electrons. The van der Waals surface area contributed by atoms with Crippen molar-refractivity contribution in [1.82, 2.24) is 4.90 Å². The Balaban J connectivity index is 1.74. The zero-order chi connectivity index (χ0) is 22.0. The second-order valence-corrected chi connectivity index (χ2v) is 9.75. The maximum absolute atomic E-state index is 13.5. The van der Waals surface area contributed by atoms with Crippen molar-refractivity contribution >= 4 is 15.7 Å². The van der Waals surface area contributed by atoms with E-state index in [2.05, 4.69) is 23.7 Å². The SMILES string of the molecule is COc1ccc(NS(=O)(=O)c2ccccc2-c2ccccc2)c2c1CC(N(C)C)CC2. The highest BCUT2D eigenvalue weighted by Gasteiger charge is 2.27. The molecule has 0 amide bonds. The number of rotatable bonds is 6. The second-order valence-electron chi connectivity index (χ2n) is 8.10.